The summed E-state index contributed by atoms with van der Waals surface area (Å²) in [5.41, 5.74) is 1.14. The molecule has 0 aliphatic rings. The van der Waals surface area contributed by atoms with Gasteiger partial charge in [0.2, 0.25) is 5.91 Å². The lowest BCUT2D eigenvalue weighted by molar-refractivity contribution is -0.116. The van der Waals surface area contributed by atoms with Crippen LogP contribution < -0.4 is 5.32 Å². The standard InChI is InChI=1S/C25H40FNO/c1-3-4-5-6-7-8-9-10-11-12-13-14-15-16-17-18-25(28)27-23-20-19-22(2)24(26)21-23/h10-11,19-21H,3-9,12-18H2,1-2H3,(H,27,28)/b11-10-. The van der Waals surface area contributed by atoms with E-state index in [1.54, 1.807) is 19.1 Å². The van der Waals surface area contributed by atoms with Crippen molar-refractivity contribution in [2.75, 3.05) is 5.32 Å². The Kier molecular flexibility index (Phi) is 14.2. The molecule has 2 nitrogen and oxygen atoms in total. The average molecular weight is 390 g/mol. The number of carbonyl (C=O) groups is 1. The van der Waals surface area contributed by atoms with Crippen LogP contribution in [0.2, 0.25) is 0 Å². The zero-order valence-electron chi connectivity index (χ0n) is 18.1. The first-order valence-electron chi connectivity index (χ1n) is 11.3. The predicted molar refractivity (Wildman–Crippen MR) is 119 cm³/mol. The minimum atomic E-state index is -0.279. The molecule has 3 heteroatoms. The number of aryl methyl sites for hydroxylation is 1. The number of halogens is 1. The van der Waals surface area contributed by atoms with E-state index in [4.69, 9.17) is 0 Å². The number of unbranched alkanes of at least 4 members (excludes halogenated alkanes) is 11. The summed E-state index contributed by atoms with van der Waals surface area (Å²) >= 11 is 0. The summed E-state index contributed by atoms with van der Waals surface area (Å²) in [6, 6.07) is 4.82. The Bertz CT molecular complexity index is 568. The van der Waals surface area contributed by atoms with Gasteiger partial charge in [0.1, 0.15) is 5.82 Å². The Morgan fingerprint density at radius 3 is 2.07 bits per heavy atom. The van der Waals surface area contributed by atoms with Gasteiger partial charge in [-0.3, -0.25) is 4.79 Å². The Labute approximate surface area is 172 Å². The largest absolute Gasteiger partial charge is 0.326 e. The van der Waals surface area contributed by atoms with Crippen molar-refractivity contribution in [1.82, 2.24) is 0 Å². The maximum absolute atomic E-state index is 13.5. The summed E-state index contributed by atoms with van der Waals surface area (Å²) in [5, 5.41) is 2.77. The molecule has 1 amide bonds. The van der Waals surface area contributed by atoms with E-state index in [2.05, 4.69) is 24.4 Å². The van der Waals surface area contributed by atoms with Crippen LogP contribution in [0.1, 0.15) is 102 Å². The van der Waals surface area contributed by atoms with Gasteiger partial charge in [0.05, 0.1) is 0 Å². The Balaban J connectivity index is 1.91. The molecule has 0 aliphatic heterocycles. The summed E-state index contributed by atoms with van der Waals surface area (Å²) in [7, 11) is 0. The quantitative estimate of drug-likeness (QED) is 0.224. The smallest absolute Gasteiger partial charge is 0.224 e. The van der Waals surface area contributed by atoms with E-state index in [-0.39, 0.29) is 11.7 Å². The van der Waals surface area contributed by atoms with E-state index in [9.17, 15) is 9.18 Å². The number of hydrogen-bond acceptors (Lipinski definition) is 1. The second-order valence-corrected chi connectivity index (χ2v) is 7.85. The Hall–Kier alpha value is -1.64. The third-order valence-electron chi connectivity index (χ3n) is 5.12. The number of amides is 1. The van der Waals surface area contributed by atoms with Gasteiger partial charge in [-0.15, -0.1) is 0 Å². The van der Waals surface area contributed by atoms with E-state index in [1.807, 2.05) is 0 Å². The fraction of sp³-hybridized carbons (Fsp3) is 0.640. The molecule has 0 fully saturated rings. The maximum Gasteiger partial charge on any atom is 0.224 e. The second kappa shape index (κ2) is 16.3. The first-order chi connectivity index (χ1) is 13.6. The van der Waals surface area contributed by atoms with Gasteiger partial charge in [-0.25, -0.2) is 4.39 Å². The summed E-state index contributed by atoms with van der Waals surface area (Å²) in [5.74, 6) is -0.306. The first-order valence-corrected chi connectivity index (χ1v) is 11.3. The Morgan fingerprint density at radius 2 is 1.46 bits per heavy atom. The maximum atomic E-state index is 13.5. The molecule has 1 aromatic rings. The summed E-state index contributed by atoms with van der Waals surface area (Å²) < 4.78 is 13.5. The zero-order chi connectivity index (χ0) is 20.5. The fourth-order valence-electron chi connectivity index (χ4n) is 3.25. The molecule has 0 saturated carbocycles. The van der Waals surface area contributed by atoms with E-state index in [1.165, 1.54) is 76.7 Å². The molecule has 0 atom stereocenters. The predicted octanol–water partition coefficient (Wildman–Crippen LogP) is 8.11. The fourth-order valence-corrected chi connectivity index (χ4v) is 3.25. The number of hydrogen-bond donors (Lipinski definition) is 1. The van der Waals surface area contributed by atoms with E-state index in [0.29, 0.717) is 17.7 Å². The monoisotopic (exact) mass is 389 g/mol. The van der Waals surface area contributed by atoms with Gasteiger partial charge in [-0.05, 0) is 56.7 Å². The van der Waals surface area contributed by atoms with Crippen molar-refractivity contribution in [2.24, 2.45) is 0 Å². The lowest BCUT2D eigenvalue weighted by atomic mass is 10.1. The number of allylic oxidation sites excluding steroid dienone is 2. The highest BCUT2D eigenvalue weighted by Crippen LogP contribution is 2.15. The van der Waals surface area contributed by atoms with Gasteiger partial charge in [-0.2, -0.15) is 0 Å². The van der Waals surface area contributed by atoms with Gasteiger partial charge in [0.15, 0.2) is 0 Å². The highest BCUT2D eigenvalue weighted by molar-refractivity contribution is 5.90. The SMILES string of the molecule is CCCCCCCC/C=C\CCCCCCCC(=O)Nc1ccc(C)c(F)c1. The molecule has 1 rings (SSSR count). The topological polar surface area (TPSA) is 29.1 Å². The lowest BCUT2D eigenvalue weighted by Gasteiger charge is -2.06. The highest BCUT2D eigenvalue weighted by atomic mass is 19.1. The van der Waals surface area contributed by atoms with Crippen LogP contribution in [0.5, 0.6) is 0 Å². The molecular formula is C25H40FNO. The minimum Gasteiger partial charge on any atom is -0.326 e. The Morgan fingerprint density at radius 1 is 0.893 bits per heavy atom. The molecule has 158 valence electrons. The normalized spacial score (nSPS) is 11.2. The van der Waals surface area contributed by atoms with Crippen molar-refractivity contribution >= 4 is 11.6 Å². The second-order valence-electron chi connectivity index (χ2n) is 7.85. The van der Waals surface area contributed by atoms with E-state index < -0.39 is 0 Å². The van der Waals surface area contributed by atoms with Crippen molar-refractivity contribution in [3.63, 3.8) is 0 Å². The van der Waals surface area contributed by atoms with Crippen LogP contribution in [-0.4, -0.2) is 5.91 Å². The molecule has 0 saturated heterocycles. The van der Waals surface area contributed by atoms with Crippen molar-refractivity contribution < 1.29 is 9.18 Å². The van der Waals surface area contributed by atoms with Crippen molar-refractivity contribution in [2.45, 2.75) is 104 Å². The first kappa shape index (κ1) is 24.4. The van der Waals surface area contributed by atoms with E-state index >= 15 is 0 Å². The van der Waals surface area contributed by atoms with Crippen molar-refractivity contribution in [3.8, 4) is 0 Å². The molecule has 0 aliphatic carbocycles. The van der Waals surface area contributed by atoms with Crippen molar-refractivity contribution in [3.05, 3.63) is 41.7 Å². The molecule has 0 aromatic heterocycles. The van der Waals surface area contributed by atoms with Crippen LogP contribution in [0.25, 0.3) is 0 Å². The number of benzene rings is 1. The van der Waals surface area contributed by atoms with E-state index in [0.717, 1.165) is 12.8 Å². The molecule has 0 spiro atoms. The molecule has 1 N–H and O–H groups in total. The summed E-state index contributed by atoms with van der Waals surface area (Å²) in [6.45, 7) is 3.97. The van der Waals surface area contributed by atoms with Crippen LogP contribution >= 0.6 is 0 Å². The van der Waals surface area contributed by atoms with Crippen LogP contribution in [0.3, 0.4) is 0 Å². The van der Waals surface area contributed by atoms with Crippen LogP contribution in [0.15, 0.2) is 30.4 Å². The molecule has 1 aromatic carbocycles. The lowest BCUT2D eigenvalue weighted by Crippen LogP contribution is -2.11. The summed E-state index contributed by atoms with van der Waals surface area (Å²) in [6.07, 6.45) is 21.4. The highest BCUT2D eigenvalue weighted by Gasteiger charge is 2.04. The third-order valence-corrected chi connectivity index (χ3v) is 5.12. The third kappa shape index (κ3) is 12.7. The molecule has 28 heavy (non-hydrogen) atoms. The van der Waals surface area contributed by atoms with Crippen LogP contribution in [0.4, 0.5) is 10.1 Å². The average Bonchev–Trinajstić information content (AvgIpc) is 2.68. The molecule has 0 heterocycles. The van der Waals surface area contributed by atoms with Gasteiger partial charge >= 0.3 is 0 Å². The van der Waals surface area contributed by atoms with Gasteiger partial charge < -0.3 is 5.32 Å². The molecule has 0 unspecified atom stereocenters. The molecule has 0 bridgehead atoms. The van der Waals surface area contributed by atoms with Gasteiger partial charge in [0.25, 0.3) is 0 Å². The van der Waals surface area contributed by atoms with Crippen LogP contribution in [0, 0.1) is 12.7 Å². The number of nitrogens with one attached hydrogen (secondary N) is 1. The number of carbonyl (C=O) groups excluding carboxylic acids is 1. The molecular weight excluding hydrogens is 349 g/mol. The molecule has 0 radical (unpaired) electrons. The van der Waals surface area contributed by atoms with Crippen LogP contribution in [-0.2, 0) is 4.79 Å². The number of rotatable bonds is 16. The van der Waals surface area contributed by atoms with Gasteiger partial charge in [-0.1, -0.05) is 76.5 Å². The summed E-state index contributed by atoms with van der Waals surface area (Å²) in [4.78, 5) is 11.9. The van der Waals surface area contributed by atoms with Gasteiger partial charge in [0, 0.05) is 12.1 Å². The number of anilines is 1. The zero-order valence-corrected chi connectivity index (χ0v) is 18.1. The minimum absolute atomic E-state index is 0.0270. The van der Waals surface area contributed by atoms with Crippen molar-refractivity contribution in [1.29, 1.82) is 0 Å².